The van der Waals surface area contributed by atoms with Crippen molar-refractivity contribution in [1.29, 1.82) is 0 Å². The van der Waals surface area contributed by atoms with Crippen LogP contribution < -0.4 is 15.4 Å². The third-order valence-electron chi connectivity index (χ3n) is 2.64. The smallest absolute Gasteiger partial charge is 0.319 e. The maximum Gasteiger partial charge on any atom is 0.319 e. The van der Waals surface area contributed by atoms with E-state index in [2.05, 4.69) is 10.6 Å². The predicted molar refractivity (Wildman–Crippen MR) is 71.6 cm³/mol. The third kappa shape index (κ3) is 4.50. The number of urea groups is 1. The van der Waals surface area contributed by atoms with Crippen LogP contribution >= 0.6 is 0 Å². The Bertz CT molecular complexity index is 474. The highest BCUT2D eigenvalue weighted by Crippen LogP contribution is 2.21. The summed E-state index contributed by atoms with van der Waals surface area (Å²) >= 11 is 0. The number of aryl methyl sites for hydroxylation is 1. The van der Waals surface area contributed by atoms with Crippen molar-refractivity contribution in [2.24, 2.45) is 5.92 Å². The molecule has 1 rings (SSSR count). The van der Waals surface area contributed by atoms with Gasteiger partial charge in [0.1, 0.15) is 5.75 Å². The molecule has 2 amide bonds. The molecule has 3 N–H and O–H groups in total. The summed E-state index contributed by atoms with van der Waals surface area (Å²) in [6.07, 6.45) is 0. The van der Waals surface area contributed by atoms with Crippen LogP contribution in [0.4, 0.5) is 10.5 Å². The zero-order valence-electron chi connectivity index (χ0n) is 11.2. The molecule has 104 valence electrons. The van der Waals surface area contributed by atoms with Crippen LogP contribution in [-0.2, 0) is 4.79 Å². The van der Waals surface area contributed by atoms with Gasteiger partial charge >= 0.3 is 12.0 Å². The van der Waals surface area contributed by atoms with Crippen LogP contribution in [0.15, 0.2) is 18.2 Å². The van der Waals surface area contributed by atoms with Crippen LogP contribution in [0.1, 0.15) is 12.5 Å². The van der Waals surface area contributed by atoms with E-state index < -0.39 is 17.9 Å². The first kappa shape index (κ1) is 14.8. The Kier molecular flexibility index (Phi) is 5.17. The molecule has 1 atom stereocenters. The molecule has 6 nitrogen and oxygen atoms in total. The van der Waals surface area contributed by atoms with Gasteiger partial charge in [-0.25, -0.2) is 4.79 Å². The van der Waals surface area contributed by atoms with Gasteiger partial charge in [-0.2, -0.15) is 0 Å². The SMILES string of the molecule is COc1ccc(NC(=O)NCC(C)C(=O)O)cc1C. The van der Waals surface area contributed by atoms with Crippen molar-refractivity contribution in [3.63, 3.8) is 0 Å². The Balaban J connectivity index is 2.53. The van der Waals surface area contributed by atoms with Gasteiger partial charge in [-0.15, -0.1) is 0 Å². The number of ether oxygens (including phenoxy) is 1. The Labute approximate surface area is 111 Å². The van der Waals surface area contributed by atoms with Gasteiger partial charge in [0.25, 0.3) is 0 Å². The van der Waals surface area contributed by atoms with Crippen LogP contribution in [0, 0.1) is 12.8 Å². The van der Waals surface area contributed by atoms with Crippen molar-refractivity contribution < 1.29 is 19.4 Å². The molecule has 0 spiro atoms. The first-order valence-electron chi connectivity index (χ1n) is 5.86. The van der Waals surface area contributed by atoms with E-state index in [4.69, 9.17) is 9.84 Å². The average Bonchev–Trinajstić information content (AvgIpc) is 2.36. The highest BCUT2D eigenvalue weighted by atomic mass is 16.5. The monoisotopic (exact) mass is 266 g/mol. The van der Waals surface area contributed by atoms with Crippen molar-refractivity contribution in [2.75, 3.05) is 19.0 Å². The minimum Gasteiger partial charge on any atom is -0.496 e. The van der Waals surface area contributed by atoms with Crippen molar-refractivity contribution >= 4 is 17.7 Å². The molecule has 0 saturated carbocycles. The van der Waals surface area contributed by atoms with Crippen molar-refractivity contribution in [2.45, 2.75) is 13.8 Å². The summed E-state index contributed by atoms with van der Waals surface area (Å²) in [6.45, 7) is 3.48. The molecular formula is C13H18N2O4. The fraction of sp³-hybridized carbons (Fsp3) is 0.385. The van der Waals surface area contributed by atoms with Gasteiger partial charge in [-0.1, -0.05) is 6.92 Å². The molecule has 1 aromatic carbocycles. The summed E-state index contributed by atoms with van der Waals surface area (Å²) in [5, 5.41) is 13.8. The molecule has 0 radical (unpaired) electrons. The predicted octanol–water partition coefficient (Wildman–Crippen LogP) is 1.85. The number of carboxylic acids is 1. The van der Waals surface area contributed by atoms with E-state index in [-0.39, 0.29) is 6.54 Å². The van der Waals surface area contributed by atoms with Gasteiger partial charge in [-0.05, 0) is 30.7 Å². The van der Waals surface area contributed by atoms with Gasteiger partial charge < -0.3 is 20.5 Å². The number of carboxylic acid groups (broad SMARTS) is 1. The summed E-state index contributed by atoms with van der Waals surface area (Å²) in [4.78, 5) is 22.2. The van der Waals surface area contributed by atoms with Gasteiger partial charge in [0.05, 0.1) is 13.0 Å². The number of benzene rings is 1. The summed E-state index contributed by atoms with van der Waals surface area (Å²) in [5.41, 5.74) is 1.53. The van der Waals surface area contributed by atoms with Crippen molar-refractivity contribution in [1.82, 2.24) is 5.32 Å². The molecule has 0 fully saturated rings. The number of aliphatic carboxylic acids is 1. The summed E-state index contributed by atoms with van der Waals surface area (Å²) in [6, 6.07) is 4.81. The Morgan fingerprint density at radius 1 is 1.42 bits per heavy atom. The maximum atomic E-state index is 11.6. The lowest BCUT2D eigenvalue weighted by atomic mass is 10.2. The van der Waals surface area contributed by atoms with E-state index in [9.17, 15) is 9.59 Å². The second-order valence-electron chi connectivity index (χ2n) is 4.26. The lowest BCUT2D eigenvalue weighted by Crippen LogP contribution is -2.34. The number of methoxy groups -OCH3 is 1. The Hall–Kier alpha value is -2.24. The average molecular weight is 266 g/mol. The van der Waals surface area contributed by atoms with Crippen LogP contribution in [0.2, 0.25) is 0 Å². The van der Waals surface area contributed by atoms with Gasteiger partial charge in [0.15, 0.2) is 0 Å². The summed E-state index contributed by atoms with van der Waals surface area (Å²) in [5.74, 6) is -0.825. The van der Waals surface area contributed by atoms with E-state index in [1.807, 2.05) is 6.92 Å². The number of amides is 2. The fourth-order valence-electron chi connectivity index (χ4n) is 1.46. The van der Waals surface area contributed by atoms with Crippen molar-refractivity contribution in [3.05, 3.63) is 23.8 Å². The quantitative estimate of drug-likeness (QED) is 0.759. The molecule has 19 heavy (non-hydrogen) atoms. The highest BCUT2D eigenvalue weighted by Gasteiger charge is 2.12. The molecule has 1 unspecified atom stereocenters. The zero-order chi connectivity index (χ0) is 14.4. The van der Waals surface area contributed by atoms with E-state index >= 15 is 0 Å². The van der Waals surface area contributed by atoms with Gasteiger partial charge in [0, 0.05) is 12.2 Å². The number of hydrogen-bond donors (Lipinski definition) is 3. The number of carbonyl (C=O) groups excluding carboxylic acids is 1. The molecule has 0 aliphatic rings. The Morgan fingerprint density at radius 2 is 2.11 bits per heavy atom. The Morgan fingerprint density at radius 3 is 2.63 bits per heavy atom. The molecule has 0 bridgehead atoms. The molecule has 1 aromatic rings. The summed E-state index contributed by atoms with van der Waals surface area (Å²) in [7, 11) is 1.58. The van der Waals surface area contributed by atoms with Crippen LogP contribution in [0.5, 0.6) is 5.75 Å². The highest BCUT2D eigenvalue weighted by molar-refractivity contribution is 5.89. The van der Waals surface area contributed by atoms with Crippen molar-refractivity contribution in [3.8, 4) is 5.75 Å². The van der Waals surface area contributed by atoms with E-state index in [1.165, 1.54) is 6.92 Å². The number of hydrogen-bond acceptors (Lipinski definition) is 3. The molecule has 6 heteroatoms. The lowest BCUT2D eigenvalue weighted by molar-refractivity contribution is -0.140. The van der Waals surface area contributed by atoms with Crippen LogP contribution in [-0.4, -0.2) is 30.8 Å². The van der Waals surface area contributed by atoms with E-state index in [0.29, 0.717) is 5.69 Å². The minimum absolute atomic E-state index is 0.0797. The molecule has 0 aliphatic heterocycles. The van der Waals surface area contributed by atoms with Gasteiger partial charge in [0.2, 0.25) is 0 Å². The molecule has 0 aromatic heterocycles. The lowest BCUT2D eigenvalue weighted by Gasteiger charge is -2.11. The standard InChI is InChI=1S/C13H18N2O4/c1-8-6-10(4-5-11(8)19-3)15-13(18)14-7-9(2)12(16)17/h4-6,9H,7H2,1-3H3,(H,16,17)(H2,14,15,18). The van der Waals surface area contributed by atoms with Gasteiger partial charge in [-0.3, -0.25) is 4.79 Å². The normalized spacial score (nSPS) is 11.5. The van der Waals surface area contributed by atoms with Crippen LogP contribution in [0.25, 0.3) is 0 Å². The molecular weight excluding hydrogens is 248 g/mol. The summed E-state index contributed by atoms with van der Waals surface area (Å²) < 4.78 is 5.12. The minimum atomic E-state index is -0.944. The first-order valence-corrected chi connectivity index (χ1v) is 5.86. The first-order chi connectivity index (χ1) is 8.93. The topological polar surface area (TPSA) is 87.7 Å². The third-order valence-corrected chi connectivity index (χ3v) is 2.64. The number of rotatable bonds is 5. The number of nitrogens with one attached hydrogen (secondary N) is 2. The molecule has 0 saturated heterocycles. The molecule has 0 aliphatic carbocycles. The zero-order valence-corrected chi connectivity index (χ0v) is 11.2. The number of carbonyl (C=O) groups is 2. The number of anilines is 1. The fourth-order valence-corrected chi connectivity index (χ4v) is 1.46. The van der Waals surface area contributed by atoms with Crippen LogP contribution in [0.3, 0.4) is 0 Å². The maximum absolute atomic E-state index is 11.6. The molecule has 0 heterocycles. The van der Waals surface area contributed by atoms with E-state index in [0.717, 1.165) is 11.3 Å². The second kappa shape index (κ2) is 6.63. The second-order valence-corrected chi connectivity index (χ2v) is 4.26. The largest absolute Gasteiger partial charge is 0.496 e. The van der Waals surface area contributed by atoms with E-state index in [1.54, 1.807) is 25.3 Å².